The number of ether oxygens (including phenoxy) is 2. The van der Waals surface area contributed by atoms with E-state index in [0.29, 0.717) is 30.2 Å². The fourth-order valence-corrected chi connectivity index (χ4v) is 2.44. The van der Waals surface area contributed by atoms with Gasteiger partial charge >= 0.3 is 0 Å². The van der Waals surface area contributed by atoms with Gasteiger partial charge in [0.1, 0.15) is 6.10 Å². The van der Waals surface area contributed by atoms with Crippen molar-refractivity contribution in [3.63, 3.8) is 0 Å². The summed E-state index contributed by atoms with van der Waals surface area (Å²) in [5.41, 5.74) is 6.95. The molecule has 1 heterocycles. The molecule has 0 spiro atoms. The molecule has 1 aromatic rings. The first-order valence-corrected chi connectivity index (χ1v) is 6.71. The number of halogens is 1. The van der Waals surface area contributed by atoms with E-state index < -0.39 is 0 Å². The number of nitrogen functional groups attached to an aromatic ring is 1. The Hall–Kier alpha value is -1.07. The van der Waals surface area contributed by atoms with E-state index in [2.05, 4.69) is 15.9 Å². The zero-order valence-corrected chi connectivity index (χ0v) is 11.8. The number of hydrogen-bond acceptors (Lipinski definition) is 4. The number of Topliss-reactive ketones (excluding diaryl/α,β-unsaturated/α-hetero) is 1. The van der Waals surface area contributed by atoms with Crippen molar-refractivity contribution in [2.24, 2.45) is 0 Å². The van der Waals surface area contributed by atoms with Crippen LogP contribution in [0, 0.1) is 0 Å². The van der Waals surface area contributed by atoms with Gasteiger partial charge in [-0.05, 0) is 19.1 Å². The van der Waals surface area contributed by atoms with Crippen LogP contribution in [0.1, 0.15) is 30.1 Å². The number of anilines is 1. The quantitative estimate of drug-likeness (QED) is 0.688. The number of benzene rings is 1. The van der Waals surface area contributed by atoms with Crippen molar-refractivity contribution in [2.75, 3.05) is 18.9 Å². The number of carbonyl (C=O) groups is 1. The average molecular weight is 314 g/mol. The zero-order chi connectivity index (χ0) is 13.1. The van der Waals surface area contributed by atoms with Gasteiger partial charge in [-0.2, -0.15) is 0 Å². The van der Waals surface area contributed by atoms with Crippen LogP contribution in [0.5, 0.6) is 5.75 Å². The Labute approximate surface area is 115 Å². The zero-order valence-electron chi connectivity index (χ0n) is 10.2. The highest BCUT2D eigenvalue weighted by Crippen LogP contribution is 2.33. The Morgan fingerprint density at radius 1 is 1.44 bits per heavy atom. The Morgan fingerprint density at radius 2 is 2.11 bits per heavy atom. The van der Waals surface area contributed by atoms with Gasteiger partial charge in [-0.15, -0.1) is 0 Å². The molecule has 1 aliphatic heterocycles. The second kappa shape index (κ2) is 5.71. The molecule has 0 saturated carbocycles. The monoisotopic (exact) mass is 313 g/mol. The summed E-state index contributed by atoms with van der Waals surface area (Å²) >= 11 is 3.33. The maximum absolute atomic E-state index is 11.6. The minimum Gasteiger partial charge on any atom is -0.487 e. The number of nitrogens with two attached hydrogens (primary N) is 1. The SMILES string of the molecule is CC(=O)c1cc(Br)cc(N)c1OC1CCOCC1. The van der Waals surface area contributed by atoms with E-state index in [0.717, 1.165) is 17.3 Å². The lowest BCUT2D eigenvalue weighted by molar-refractivity contribution is 0.0255. The molecule has 1 saturated heterocycles. The van der Waals surface area contributed by atoms with E-state index in [-0.39, 0.29) is 11.9 Å². The maximum Gasteiger partial charge on any atom is 0.163 e. The molecule has 2 rings (SSSR count). The van der Waals surface area contributed by atoms with Crippen LogP contribution in [-0.4, -0.2) is 25.1 Å². The highest BCUT2D eigenvalue weighted by molar-refractivity contribution is 9.10. The van der Waals surface area contributed by atoms with E-state index in [4.69, 9.17) is 15.2 Å². The minimum absolute atomic E-state index is 0.0509. The largest absolute Gasteiger partial charge is 0.487 e. The second-order valence-corrected chi connectivity index (χ2v) is 5.27. The molecule has 0 atom stereocenters. The van der Waals surface area contributed by atoms with Crippen LogP contribution in [0.2, 0.25) is 0 Å². The second-order valence-electron chi connectivity index (χ2n) is 4.36. The molecule has 1 fully saturated rings. The maximum atomic E-state index is 11.6. The summed E-state index contributed by atoms with van der Waals surface area (Å²) in [5, 5.41) is 0. The van der Waals surface area contributed by atoms with Crippen molar-refractivity contribution in [1.82, 2.24) is 0 Å². The van der Waals surface area contributed by atoms with E-state index in [1.165, 1.54) is 6.92 Å². The molecule has 0 aliphatic carbocycles. The Kier molecular flexibility index (Phi) is 4.24. The standard InChI is InChI=1S/C13H16BrNO3/c1-8(16)11-6-9(14)7-12(15)13(11)18-10-2-4-17-5-3-10/h6-7,10H,2-5,15H2,1H3. The van der Waals surface area contributed by atoms with E-state index in [1.807, 2.05) is 0 Å². The molecule has 0 radical (unpaired) electrons. The first-order valence-electron chi connectivity index (χ1n) is 5.92. The fraction of sp³-hybridized carbons (Fsp3) is 0.462. The summed E-state index contributed by atoms with van der Waals surface area (Å²) in [6.07, 6.45) is 1.72. The Balaban J connectivity index is 2.27. The van der Waals surface area contributed by atoms with Crippen molar-refractivity contribution in [1.29, 1.82) is 0 Å². The smallest absolute Gasteiger partial charge is 0.163 e. The summed E-state index contributed by atoms with van der Waals surface area (Å²) in [6.45, 7) is 2.89. The normalized spacial score (nSPS) is 16.6. The van der Waals surface area contributed by atoms with Gasteiger partial charge in [0, 0.05) is 17.3 Å². The third-order valence-electron chi connectivity index (χ3n) is 2.91. The molecule has 1 aliphatic rings. The number of carbonyl (C=O) groups excluding carboxylic acids is 1. The summed E-state index contributed by atoms with van der Waals surface area (Å²) in [7, 11) is 0. The lowest BCUT2D eigenvalue weighted by Gasteiger charge is -2.25. The summed E-state index contributed by atoms with van der Waals surface area (Å²) in [4.78, 5) is 11.6. The van der Waals surface area contributed by atoms with E-state index in [1.54, 1.807) is 12.1 Å². The lowest BCUT2D eigenvalue weighted by atomic mass is 10.1. The molecule has 2 N–H and O–H groups in total. The van der Waals surface area contributed by atoms with Crippen molar-refractivity contribution >= 4 is 27.4 Å². The first kappa shape index (κ1) is 13.4. The molecule has 1 aromatic carbocycles. The van der Waals surface area contributed by atoms with Gasteiger partial charge in [0.25, 0.3) is 0 Å². The van der Waals surface area contributed by atoms with Crippen LogP contribution < -0.4 is 10.5 Å². The summed E-state index contributed by atoms with van der Waals surface area (Å²) in [5.74, 6) is 0.447. The third-order valence-corrected chi connectivity index (χ3v) is 3.37. The van der Waals surface area contributed by atoms with Crippen molar-refractivity contribution < 1.29 is 14.3 Å². The van der Waals surface area contributed by atoms with Crippen LogP contribution >= 0.6 is 15.9 Å². The summed E-state index contributed by atoms with van der Waals surface area (Å²) < 4.78 is 11.9. The predicted molar refractivity (Wildman–Crippen MR) is 73.0 cm³/mol. The molecule has 98 valence electrons. The number of ketones is 1. The Morgan fingerprint density at radius 3 is 2.72 bits per heavy atom. The molecule has 4 nitrogen and oxygen atoms in total. The van der Waals surface area contributed by atoms with Gasteiger partial charge in [0.05, 0.1) is 24.5 Å². The highest BCUT2D eigenvalue weighted by atomic mass is 79.9. The molecule has 0 amide bonds. The molecular formula is C13H16BrNO3. The van der Waals surface area contributed by atoms with Crippen molar-refractivity contribution in [3.05, 3.63) is 22.2 Å². The van der Waals surface area contributed by atoms with Crippen LogP contribution in [0.25, 0.3) is 0 Å². The molecule has 5 heteroatoms. The van der Waals surface area contributed by atoms with Gasteiger partial charge in [-0.1, -0.05) is 15.9 Å². The third kappa shape index (κ3) is 3.03. The van der Waals surface area contributed by atoms with Gasteiger partial charge in [-0.25, -0.2) is 0 Å². The van der Waals surface area contributed by atoms with Crippen LogP contribution in [-0.2, 0) is 4.74 Å². The van der Waals surface area contributed by atoms with Crippen LogP contribution in [0.4, 0.5) is 5.69 Å². The van der Waals surface area contributed by atoms with Gasteiger partial charge in [0.2, 0.25) is 0 Å². The molecule has 18 heavy (non-hydrogen) atoms. The van der Waals surface area contributed by atoms with Gasteiger partial charge in [-0.3, -0.25) is 4.79 Å². The van der Waals surface area contributed by atoms with E-state index >= 15 is 0 Å². The molecule has 0 unspecified atom stereocenters. The van der Waals surface area contributed by atoms with Crippen molar-refractivity contribution in [3.8, 4) is 5.75 Å². The van der Waals surface area contributed by atoms with Crippen molar-refractivity contribution in [2.45, 2.75) is 25.9 Å². The lowest BCUT2D eigenvalue weighted by Crippen LogP contribution is -2.26. The molecule has 0 bridgehead atoms. The minimum atomic E-state index is -0.0509. The Bertz CT molecular complexity index is 456. The van der Waals surface area contributed by atoms with Gasteiger partial charge < -0.3 is 15.2 Å². The average Bonchev–Trinajstić information content (AvgIpc) is 2.33. The molecule has 0 aromatic heterocycles. The highest BCUT2D eigenvalue weighted by Gasteiger charge is 2.20. The van der Waals surface area contributed by atoms with Crippen LogP contribution in [0.3, 0.4) is 0 Å². The van der Waals surface area contributed by atoms with Gasteiger partial charge in [0.15, 0.2) is 11.5 Å². The molecular weight excluding hydrogens is 298 g/mol. The number of rotatable bonds is 3. The predicted octanol–water partition coefficient (Wildman–Crippen LogP) is 2.79. The topological polar surface area (TPSA) is 61.6 Å². The van der Waals surface area contributed by atoms with Crippen LogP contribution in [0.15, 0.2) is 16.6 Å². The van der Waals surface area contributed by atoms with E-state index in [9.17, 15) is 4.79 Å². The summed E-state index contributed by atoms with van der Waals surface area (Å²) in [6, 6.07) is 3.49. The number of hydrogen-bond donors (Lipinski definition) is 1. The fourth-order valence-electron chi connectivity index (χ4n) is 1.97. The first-order chi connectivity index (χ1) is 8.58.